The van der Waals surface area contributed by atoms with Crippen molar-refractivity contribution in [3.8, 4) is 0 Å². The van der Waals surface area contributed by atoms with Crippen molar-refractivity contribution in [1.82, 2.24) is 0 Å². The molecule has 0 amide bonds. The van der Waals surface area contributed by atoms with Gasteiger partial charge in [0, 0.05) is 0 Å². The van der Waals surface area contributed by atoms with Crippen LogP contribution in [0, 0.1) is 17.8 Å². The van der Waals surface area contributed by atoms with Gasteiger partial charge in [0.25, 0.3) is 0 Å². The van der Waals surface area contributed by atoms with Crippen molar-refractivity contribution in [3.63, 3.8) is 0 Å². The van der Waals surface area contributed by atoms with Crippen molar-refractivity contribution in [2.24, 2.45) is 17.8 Å². The normalized spacial score (nSPS) is 38.3. The van der Waals surface area contributed by atoms with E-state index in [-0.39, 0.29) is 17.5 Å². The first kappa shape index (κ1) is 11.3. The summed E-state index contributed by atoms with van der Waals surface area (Å²) in [5, 5.41) is 0. The predicted molar refractivity (Wildman–Crippen MR) is 66.4 cm³/mol. The van der Waals surface area contributed by atoms with E-state index in [0.717, 1.165) is 19.3 Å². The number of hydrogen-bond acceptors (Lipinski definition) is 2. The Labute approximate surface area is 103 Å². The molecule has 0 aromatic rings. The highest BCUT2D eigenvalue weighted by Gasteiger charge is 2.43. The van der Waals surface area contributed by atoms with Crippen molar-refractivity contribution < 1.29 is 9.53 Å². The summed E-state index contributed by atoms with van der Waals surface area (Å²) in [5.74, 6) is 1.35. The summed E-state index contributed by atoms with van der Waals surface area (Å²) >= 11 is 0. The summed E-state index contributed by atoms with van der Waals surface area (Å²) in [4.78, 5) is 12.3. The molecule has 94 valence electrons. The molecule has 2 nitrogen and oxygen atoms in total. The number of ether oxygens (including phenoxy) is 1. The van der Waals surface area contributed by atoms with Crippen LogP contribution in [0.4, 0.5) is 0 Å². The molecule has 0 saturated heterocycles. The monoisotopic (exact) mass is 234 g/mol. The fourth-order valence-corrected chi connectivity index (χ4v) is 3.77. The van der Waals surface area contributed by atoms with Gasteiger partial charge in [-0.3, -0.25) is 4.79 Å². The number of carbonyl (C=O) groups excluding carboxylic acids is 1. The van der Waals surface area contributed by atoms with Crippen molar-refractivity contribution in [1.29, 1.82) is 0 Å². The molecule has 0 aromatic heterocycles. The van der Waals surface area contributed by atoms with E-state index in [9.17, 15) is 4.79 Å². The summed E-state index contributed by atoms with van der Waals surface area (Å²) < 4.78 is 5.84. The maximum atomic E-state index is 12.3. The van der Waals surface area contributed by atoms with Crippen LogP contribution in [-0.2, 0) is 9.53 Å². The van der Waals surface area contributed by atoms with Crippen molar-refractivity contribution in [3.05, 3.63) is 12.2 Å². The van der Waals surface area contributed by atoms with Gasteiger partial charge < -0.3 is 4.74 Å². The zero-order valence-corrected chi connectivity index (χ0v) is 10.7. The molecular weight excluding hydrogens is 212 g/mol. The van der Waals surface area contributed by atoms with E-state index in [1.165, 1.54) is 25.7 Å². The van der Waals surface area contributed by atoms with Gasteiger partial charge in [-0.1, -0.05) is 18.6 Å². The lowest BCUT2D eigenvalue weighted by Crippen LogP contribution is -2.37. The quantitative estimate of drug-likeness (QED) is 0.540. The SMILES string of the molecule is CC1(OC(=O)[C@H]2C[C@H]3C=C[C@@H]2C3)CCCCC1. The Kier molecular flexibility index (Phi) is 2.76. The Morgan fingerprint density at radius 3 is 2.53 bits per heavy atom. The van der Waals surface area contributed by atoms with Crippen LogP contribution in [0.1, 0.15) is 51.9 Å². The number of hydrogen-bond donors (Lipinski definition) is 0. The van der Waals surface area contributed by atoms with Crippen LogP contribution < -0.4 is 0 Å². The van der Waals surface area contributed by atoms with Crippen LogP contribution in [0.5, 0.6) is 0 Å². The number of carbonyl (C=O) groups is 1. The van der Waals surface area contributed by atoms with Gasteiger partial charge in [-0.2, -0.15) is 0 Å². The summed E-state index contributed by atoms with van der Waals surface area (Å²) in [7, 11) is 0. The van der Waals surface area contributed by atoms with Gasteiger partial charge in [0.15, 0.2) is 0 Å². The molecular formula is C15H22O2. The number of esters is 1. The summed E-state index contributed by atoms with van der Waals surface area (Å²) in [6.45, 7) is 2.12. The van der Waals surface area contributed by atoms with Gasteiger partial charge in [-0.15, -0.1) is 0 Å². The second kappa shape index (κ2) is 4.15. The highest BCUT2D eigenvalue weighted by Crippen LogP contribution is 2.45. The fraction of sp³-hybridized carbons (Fsp3) is 0.800. The molecule has 0 unspecified atom stereocenters. The van der Waals surface area contributed by atoms with Crippen molar-refractivity contribution >= 4 is 5.97 Å². The van der Waals surface area contributed by atoms with Gasteiger partial charge in [-0.25, -0.2) is 0 Å². The van der Waals surface area contributed by atoms with Crippen LogP contribution >= 0.6 is 0 Å². The number of fused-ring (bicyclic) bond motifs is 2. The Balaban J connectivity index is 1.61. The Hall–Kier alpha value is -0.790. The molecule has 2 saturated carbocycles. The lowest BCUT2D eigenvalue weighted by atomic mass is 9.86. The number of rotatable bonds is 2. The topological polar surface area (TPSA) is 26.3 Å². The van der Waals surface area contributed by atoms with Gasteiger partial charge in [0.1, 0.15) is 5.60 Å². The van der Waals surface area contributed by atoms with Gasteiger partial charge in [-0.05, 0) is 57.3 Å². The third-order valence-corrected chi connectivity index (χ3v) is 4.84. The van der Waals surface area contributed by atoms with E-state index < -0.39 is 0 Å². The smallest absolute Gasteiger partial charge is 0.310 e. The first-order valence-electron chi connectivity index (χ1n) is 7.07. The second-order valence-corrected chi connectivity index (χ2v) is 6.32. The summed E-state index contributed by atoms with van der Waals surface area (Å²) in [5.41, 5.74) is -0.166. The molecule has 0 aliphatic heterocycles. The Morgan fingerprint density at radius 1 is 1.18 bits per heavy atom. The molecule has 17 heavy (non-hydrogen) atoms. The molecule has 3 aliphatic rings. The molecule has 0 heterocycles. The van der Waals surface area contributed by atoms with Crippen LogP contribution in [-0.4, -0.2) is 11.6 Å². The Morgan fingerprint density at radius 2 is 1.94 bits per heavy atom. The van der Waals surface area contributed by atoms with Crippen LogP contribution in [0.3, 0.4) is 0 Å². The molecule has 0 radical (unpaired) electrons. The van der Waals surface area contributed by atoms with E-state index in [4.69, 9.17) is 4.74 Å². The van der Waals surface area contributed by atoms with Gasteiger partial charge >= 0.3 is 5.97 Å². The van der Waals surface area contributed by atoms with Crippen molar-refractivity contribution in [2.45, 2.75) is 57.5 Å². The molecule has 0 aromatic carbocycles. The average molecular weight is 234 g/mol. The molecule has 0 spiro atoms. The zero-order chi connectivity index (χ0) is 11.9. The Bertz CT molecular complexity index is 339. The summed E-state index contributed by atoms with van der Waals surface area (Å²) in [6, 6.07) is 0. The first-order valence-corrected chi connectivity index (χ1v) is 7.07. The van der Waals surface area contributed by atoms with Crippen LogP contribution in [0.15, 0.2) is 12.2 Å². The lowest BCUT2D eigenvalue weighted by Gasteiger charge is -2.34. The molecule has 2 bridgehead atoms. The molecule has 3 atom stereocenters. The second-order valence-electron chi connectivity index (χ2n) is 6.32. The number of allylic oxidation sites excluding steroid dienone is 2. The van der Waals surface area contributed by atoms with E-state index in [1.807, 2.05) is 0 Å². The van der Waals surface area contributed by atoms with E-state index in [1.54, 1.807) is 0 Å². The lowest BCUT2D eigenvalue weighted by molar-refractivity contribution is -0.167. The fourth-order valence-electron chi connectivity index (χ4n) is 3.77. The van der Waals surface area contributed by atoms with Crippen LogP contribution in [0.25, 0.3) is 0 Å². The molecule has 2 fully saturated rings. The average Bonchev–Trinajstić information content (AvgIpc) is 2.91. The highest BCUT2D eigenvalue weighted by atomic mass is 16.6. The maximum Gasteiger partial charge on any atom is 0.310 e. The van der Waals surface area contributed by atoms with E-state index in [2.05, 4.69) is 19.1 Å². The van der Waals surface area contributed by atoms with E-state index >= 15 is 0 Å². The molecule has 3 aliphatic carbocycles. The molecule has 0 N–H and O–H groups in total. The summed E-state index contributed by atoms with van der Waals surface area (Å²) in [6.07, 6.45) is 12.5. The molecule has 3 rings (SSSR count). The highest BCUT2D eigenvalue weighted by molar-refractivity contribution is 5.74. The van der Waals surface area contributed by atoms with Crippen LogP contribution in [0.2, 0.25) is 0 Å². The minimum absolute atomic E-state index is 0.0752. The minimum atomic E-state index is -0.166. The van der Waals surface area contributed by atoms with Gasteiger partial charge in [0.2, 0.25) is 0 Å². The first-order chi connectivity index (χ1) is 8.16. The molecule has 2 heteroatoms. The zero-order valence-electron chi connectivity index (χ0n) is 10.7. The predicted octanol–water partition coefficient (Wildman–Crippen LogP) is 3.46. The third kappa shape index (κ3) is 2.14. The van der Waals surface area contributed by atoms with Gasteiger partial charge in [0.05, 0.1) is 5.92 Å². The maximum absolute atomic E-state index is 12.3. The third-order valence-electron chi connectivity index (χ3n) is 4.84. The van der Waals surface area contributed by atoms with Crippen molar-refractivity contribution in [2.75, 3.05) is 0 Å². The standard InChI is InChI=1S/C15H22O2/c1-15(7-3-2-4-8-15)17-14(16)13-10-11-5-6-12(13)9-11/h5-6,11-13H,2-4,7-10H2,1H3/t11-,12+,13-/m0/s1. The largest absolute Gasteiger partial charge is 0.459 e. The van der Waals surface area contributed by atoms with E-state index in [0.29, 0.717) is 11.8 Å². The minimum Gasteiger partial charge on any atom is -0.459 e.